The van der Waals surface area contributed by atoms with E-state index in [0.717, 1.165) is 5.75 Å². The van der Waals surface area contributed by atoms with E-state index in [4.69, 9.17) is 21.7 Å². The van der Waals surface area contributed by atoms with Gasteiger partial charge in [0.05, 0.1) is 0 Å². The second-order valence-electron chi connectivity index (χ2n) is 7.85. The molecule has 0 aromatic heterocycles. The van der Waals surface area contributed by atoms with E-state index >= 15 is 0 Å². The van der Waals surface area contributed by atoms with Crippen LogP contribution < -0.4 is 25.4 Å². The second kappa shape index (κ2) is 12.9. The minimum absolute atomic E-state index is 0.124. The fourth-order valence-electron chi connectivity index (χ4n) is 3.37. The molecule has 0 unspecified atom stereocenters. The minimum Gasteiger partial charge on any atom is -0.490 e. The maximum absolute atomic E-state index is 12.7. The maximum atomic E-state index is 12.7. The summed E-state index contributed by atoms with van der Waals surface area (Å²) in [5.41, 5.74) is 2.16. The van der Waals surface area contributed by atoms with E-state index in [1.807, 2.05) is 36.4 Å². The number of thiocarbonyl (C=S) groups is 1. The summed E-state index contributed by atoms with van der Waals surface area (Å²) >= 11 is 5.31. The Labute approximate surface area is 220 Å². The third-order valence-corrected chi connectivity index (χ3v) is 5.31. The van der Waals surface area contributed by atoms with E-state index in [2.05, 4.69) is 16.0 Å². The number of nitrogens with one attached hydrogen (secondary N) is 3. The molecule has 186 valence electrons. The van der Waals surface area contributed by atoms with Crippen LogP contribution in [0.3, 0.4) is 0 Å². The number of ether oxygens (including phenoxy) is 2. The van der Waals surface area contributed by atoms with Crippen molar-refractivity contribution in [3.05, 3.63) is 120 Å². The highest BCUT2D eigenvalue weighted by molar-refractivity contribution is 7.80. The lowest BCUT2D eigenvalue weighted by Gasteiger charge is -2.12. The van der Waals surface area contributed by atoms with Crippen LogP contribution in [0.15, 0.2) is 109 Å². The molecule has 0 fully saturated rings. The fraction of sp³-hybridized carbons (Fsp3) is 0.0690. The first kappa shape index (κ1) is 25.4. The van der Waals surface area contributed by atoms with Crippen LogP contribution in [-0.2, 0) is 0 Å². The third kappa shape index (κ3) is 7.91. The Balaban J connectivity index is 1.27. The summed E-state index contributed by atoms with van der Waals surface area (Å²) < 4.78 is 11.3. The highest BCUT2D eigenvalue weighted by Crippen LogP contribution is 2.17. The van der Waals surface area contributed by atoms with Crippen LogP contribution in [0.1, 0.15) is 20.7 Å². The molecule has 0 saturated heterocycles. The third-order valence-electron chi connectivity index (χ3n) is 5.10. The number of hydrogen-bond donors (Lipinski definition) is 3. The molecule has 4 aromatic carbocycles. The quantitative estimate of drug-likeness (QED) is 0.202. The average molecular weight is 512 g/mol. The van der Waals surface area contributed by atoms with E-state index in [0.29, 0.717) is 41.5 Å². The van der Waals surface area contributed by atoms with E-state index in [9.17, 15) is 9.59 Å². The Hall–Kier alpha value is -4.69. The van der Waals surface area contributed by atoms with Crippen LogP contribution in [0.4, 0.5) is 11.4 Å². The molecule has 0 aliphatic heterocycles. The molecule has 0 heterocycles. The van der Waals surface area contributed by atoms with Gasteiger partial charge in [0.1, 0.15) is 24.7 Å². The Morgan fingerprint density at radius 1 is 0.595 bits per heavy atom. The Kier molecular flexibility index (Phi) is 8.82. The van der Waals surface area contributed by atoms with Crippen LogP contribution in [0.25, 0.3) is 0 Å². The normalized spacial score (nSPS) is 10.2. The van der Waals surface area contributed by atoms with Crippen molar-refractivity contribution in [1.82, 2.24) is 5.32 Å². The molecule has 0 aliphatic rings. The fourth-order valence-corrected chi connectivity index (χ4v) is 3.58. The van der Waals surface area contributed by atoms with Gasteiger partial charge in [-0.3, -0.25) is 14.9 Å². The highest BCUT2D eigenvalue weighted by Gasteiger charge is 2.10. The SMILES string of the molecule is O=C(NC(=S)Nc1cccc(NC(=O)c2ccccc2)c1)c1cccc(OCCOc2ccccc2)c1. The van der Waals surface area contributed by atoms with E-state index in [-0.39, 0.29) is 16.9 Å². The molecule has 0 radical (unpaired) electrons. The van der Waals surface area contributed by atoms with Crippen LogP contribution >= 0.6 is 12.2 Å². The number of rotatable bonds is 9. The molecule has 3 N–H and O–H groups in total. The van der Waals surface area contributed by atoms with Crippen LogP contribution in [0, 0.1) is 0 Å². The van der Waals surface area contributed by atoms with Gasteiger partial charge in [0.2, 0.25) is 0 Å². The summed E-state index contributed by atoms with van der Waals surface area (Å²) in [5.74, 6) is 0.716. The number of amides is 2. The van der Waals surface area contributed by atoms with Crippen molar-refractivity contribution in [3.8, 4) is 11.5 Å². The van der Waals surface area contributed by atoms with Gasteiger partial charge in [-0.15, -0.1) is 0 Å². The molecule has 37 heavy (non-hydrogen) atoms. The number of para-hydroxylation sites is 1. The summed E-state index contributed by atoms with van der Waals surface area (Å²) in [4.78, 5) is 25.1. The van der Waals surface area contributed by atoms with Gasteiger partial charge in [0.25, 0.3) is 11.8 Å². The molecule has 7 nitrogen and oxygen atoms in total. The molecular weight excluding hydrogens is 486 g/mol. The van der Waals surface area contributed by atoms with Gasteiger partial charge in [-0.05, 0) is 72.9 Å². The molecule has 4 aromatic rings. The van der Waals surface area contributed by atoms with Crippen molar-refractivity contribution >= 4 is 40.5 Å². The monoisotopic (exact) mass is 511 g/mol. The number of hydrogen-bond acceptors (Lipinski definition) is 5. The van der Waals surface area contributed by atoms with Gasteiger partial charge in [0, 0.05) is 22.5 Å². The zero-order valence-corrected chi connectivity index (χ0v) is 20.7. The Bertz CT molecular complexity index is 1360. The molecule has 0 aliphatic carbocycles. The topological polar surface area (TPSA) is 88.7 Å². The van der Waals surface area contributed by atoms with Gasteiger partial charge >= 0.3 is 0 Å². The molecule has 0 atom stereocenters. The van der Waals surface area contributed by atoms with Gasteiger partial charge in [-0.2, -0.15) is 0 Å². The van der Waals surface area contributed by atoms with Crippen molar-refractivity contribution in [2.45, 2.75) is 0 Å². The predicted molar refractivity (Wildman–Crippen MR) is 148 cm³/mol. The molecule has 4 rings (SSSR count). The van der Waals surface area contributed by atoms with Crippen LogP contribution in [0.5, 0.6) is 11.5 Å². The van der Waals surface area contributed by atoms with Crippen molar-refractivity contribution in [3.63, 3.8) is 0 Å². The molecule has 0 bridgehead atoms. The van der Waals surface area contributed by atoms with Crippen molar-refractivity contribution in [2.24, 2.45) is 0 Å². The maximum Gasteiger partial charge on any atom is 0.257 e. The highest BCUT2D eigenvalue weighted by atomic mass is 32.1. The van der Waals surface area contributed by atoms with Crippen molar-refractivity contribution < 1.29 is 19.1 Å². The summed E-state index contributed by atoms with van der Waals surface area (Å²) in [5, 5.41) is 8.60. The van der Waals surface area contributed by atoms with Crippen LogP contribution in [0.2, 0.25) is 0 Å². The lowest BCUT2D eigenvalue weighted by molar-refractivity contribution is 0.0976. The molecule has 2 amide bonds. The number of carbonyl (C=O) groups is 2. The van der Waals surface area contributed by atoms with Crippen LogP contribution in [-0.4, -0.2) is 30.1 Å². The van der Waals surface area contributed by atoms with Gasteiger partial charge in [0.15, 0.2) is 5.11 Å². The summed E-state index contributed by atoms with van der Waals surface area (Å²) in [6, 6.07) is 32.3. The smallest absolute Gasteiger partial charge is 0.257 e. The Morgan fingerprint density at radius 2 is 1.16 bits per heavy atom. The second-order valence-corrected chi connectivity index (χ2v) is 8.26. The largest absolute Gasteiger partial charge is 0.490 e. The number of benzene rings is 4. The molecular formula is C29H25N3O4S. The average Bonchev–Trinajstić information content (AvgIpc) is 2.92. The van der Waals surface area contributed by atoms with Gasteiger partial charge in [-0.1, -0.05) is 48.5 Å². The first-order valence-electron chi connectivity index (χ1n) is 11.6. The summed E-state index contributed by atoms with van der Waals surface area (Å²) in [6.07, 6.45) is 0. The summed E-state index contributed by atoms with van der Waals surface area (Å²) in [6.45, 7) is 0.705. The zero-order valence-electron chi connectivity index (χ0n) is 19.8. The number of anilines is 2. The minimum atomic E-state index is -0.378. The van der Waals surface area contributed by atoms with Gasteiger partial charge in [-0.25, -0.2) is 0 Å². The first-order chi connectivity index (χ1) is 18.1. The lowest BCUT2D eigenvalue weighted by Crippen LogP contribution is -2.34. The Morgan fingerprint density at radius 3 is 1.89 bits per heavy atom. The first-order valence-corrected chi connectivity index (χ1v) is 12.0. The van der Waals surface area contributed by atoms with Crippen molar-refractivity contribution in [2.75, 3.05) is 23.8 Å². The summed E-state index contributed by atoms with van der Waals surface area (Å²) in [7, 11) is 0. The van der Waals surface area contributed by atoms with Crippen molar-refractivity contribution in [1.29, 1.82) is 0 Å². The molecule has 0 saturated carbocycles. The predicted octanol–water partition coefficient (Wildman–Crippen LogP) is 5.52. The molecule has 8 heteroatoms. The van der Waals surface area contributed by atoms with E-state index in [1.54, 1.807) is 72.8 Å². The van der Waals surface area contributed by atoms with E-state index < -0.39 is 0 Å². The standard InChI is InChI=1S/C29H25N3O4S/c33-27(21-9-3-1-4-10-21)30-23-12-8-13-24(20-23)31-29(37)32-28(34)22-11-7-16-26(19-22)36-18-17-35-25-14-5-2-6-15-25/h1-16,19-20H,17-18H2,(H,30,33)(H2,31,32,34,37). The zero-order chi connectivity index (χ0) is 25.9. The van der Waals surface area contributed by atoms with Gasteiger partial charge < -0.3 is 20.1 Å². The number of carbonyl (C=O) groups excluding carboxylic acids is 2. The lowest BCUT2D eigenvalue weighted by atomic mass is 10.2. The molecule has 0 spiro atoms. The van der Waals surface area contributed by atoms with E-state index in [1.165, 1.54) is 0 Å².